The summed E-state index contributed by atoms with van der Waals surface area (Å²) in [6.07, 6.45) is 1.01. The molecule has 0 unspecified atom stereocenters. The lowest BCUT2D eigenvalue weighted by molar-refractivity contribution is -0.384. The Kier molecular flexibility index (Phi) is 5.66. The number of para-hydroxylation sites is 1. The van der Waals surface area contributed by atoms with Crippen LogP contribution in [0.2, 0.25) is 0 Å². The Morgan fingerprint density at radius 1 is 1.12 bits per heavy atom. The van der Waals surface area contributed by atoms with Crippen molar-refractivity contribution in [1.82, 2.24) is 5.32 Å². The van der Waals surface area contributed by atoms with E-state index in [1.807, 2.05) is 52.0 Å². The number of anilines is 1. The summed E-state index contributed by atoms with van der Waals surface area (Å²) in [5, 5.41) is 17.7. The molecule has 33 heavy (non-hydrogen) atoms. The molecule has 7 nitrogen and oxygen atoms in total. The molecule has 2 aromatic rings. The number of benzene rings is 2. The number of hydrogen-bond donors (Lipinski definition) is 2. The number of dihydropyridines is 1. The topological polar surface area (TPSA) is 101 Å². The van der Waals surface area contributed by atoms with E-state index < -0.39 is 10.8 Å². The number of allylic oxidation sites excluding steroid dienone is 3. The van der Waals surface area contributed by atoms with E-state index in [4.69, 9.17) is 0 Å². The lowest BCUT2D eigenvalue weighted by Gasteiger charge is -2.39. The SMILES string of the molecule is CC1=C(C(=O)Nc2ccccc2C)[C@@H](c2cccc([N+](=O)[O-])c2)C2=C(CC(C)(C)CC2=O)N1. The number of carbonyl (C=O) groups excluding carboxylic acids is 2. The number of amides is 1. The molecule has 7 heteroatoms. The van der Waals surface area contributed by atoms with Gasteiger partial charge in [0, 0.05) is 52.7 Å². The van der Waals surface area contributed by atoms with Crippen molar-refractivity contribution in [2.75, 3.05) is 5.32 Å². The molecule has 0 saturated carbocycles. The van der Waals surface area contributed by atoms with Crippen LogP contribution in [0.25, 0.3) is 0 Å². The van der Waals surface area contributed by atoms with Gasteiger partial charge in [-0.25, -0.2) is 0 Å². The first kappa shape index (κ1) is 22.5. The average molecular weight is 446 g/mol. The van der Waals surface area contributed by atoms with E-state index in [1.54, 1.807) is 12.1 Å². The van der Waals surface area contributed by atoms with Gasteiger partial charge in [-0.2, -0.15) is 0 Å². The van der Waals surface area contributed by atoms with Crippen molar-refractivity contribution in [3.63, 3.8) is 0 Å². The number of aryl methyl sites for hydroxylation is 1. The minimum absolute atomic E-state index is 0.0426. The molecule has 1 aliphatic carbocycles. The third kappa shape index (κ3) is 4.31. The Hall–Kier alpha value is -3.74. The predicted molar refractivity (Wildman–Crippen MR) is 127 cm³/mol. The molecule has 1 aliphatic heterocycles. The van der Waals surface area contributed by atoms with Crippen molar-refractivity contribution < 1.29 is 14.5 Å². The monoisotopic (exact) mass is 445 g/mol. The van der Waals surface area contributed by atoms with E-state index in [0.29, 0.717) is 40.9 Å². The number of non-ortho nitro benzene ring substituents is 1. The number of Topliss-reactive ketones (excluding diaryl/α,β-unsaturated/α-hetero) is 1. The van der Waals surface area contributed by atoms with E-state index in [1.165, 1.54) is 12.1 Å². The van der Waals surface area contributed by atoms with Crippen LogP contribution >= 0.6 is 0 Å². The molecular weight excluding hydrogens is 418 g/mol. The van der Waals surface area contributed by atoms with E-state index in [9.17, 15) is 19.7 Å². The number of nitrogens with zero attached hydrogens (tertiary/aromatic N) is 1. The van der Waals surface area contributed by atoms with Gasteiger partial charge in [-0.15, -0.1) is 0 Å². The third-order valence-electron chi connectivity index (χ3n) is 6.29. The van der Waals surface area contributed by atoms with Gasteiger partial charge in [-0.05, 0) is 42.9 Å². The van der Waals surface area contributed by atoms with E-state index in [-0.39, 0.29) is 22.8 Å². The lowest BCUT2D eigenvalue weighted by Crippen LogP contribution is -2.39. The summed E-state index contributed by atoms with van der Waals surface area (Å²) in [6.45, 7) is 7.80. The van der Waals surface area contributed by atoms with Crippen molar-refractivity contribution in [1.29, 1.82) is 0 Å². The van der Waals surface area contributed by atoms with E-state index >= 15 is 0 Å². The van der Waals surface area contributed by atoms with Crippen molar-refractivity contribution >= 4 is 23.1 Å². The van der Waals surface area contributed by atoms with Crippen LogP contribution < -0.4 is 10.6 Å². The summed E-state index contributed by atoms with van der Waals surface area (Å²) in [5.41, 5.74) is 4.21. The molecule has 1 atom stereocenters. The van der Waals surface area contributed by atoms with Gasteiger partial charge >= 0.3 is 0 Å². The van der Waals surface area contributed by atoms with Crippen molar-refractivity contribution in [2.45, 2.75) is 46.5 Å². The summed E-state index contributed by atoms with van der Waals surface area (Å²) >= 11 is 0. The molecule has 1 amide bonds. The van der Waals surface area contributed by atoms with Crippen molar-refractivity contribution in [2.24, 2.45) is 5.41 Å². The quantitative estimate of drug-likeness (QED) is 0.501. The highest BCUT2D eigenvalue weighted by atomic mass is 16.6. The van der Waals surface area contributed by atoms with Gasteiger partial charge in [0.25, 0.3) is 11.6 Å². The van der Waals surface area contributed by atoms with Crippen LogP contribution in [0.15, 0.2) is 71.1 Å². The molecule has 0 spiro atoms. The zero-order valence-electron chi connectivity index (χ0n) is 19.2. The van der Waals surface area contributed by atoms with Crippen LogP contribution in [0.3, 0.4) is 0 Å². The van der Waals surface area contributed by atoms with E-state index in [0.717, 1.165) is 11.3 Å². The highest BCUT2D eigenvalue weighted by molar-refractivity contribution is 6.10. The van der Waals surface area contributed by atoms with Gasteiger partial charge in [0.15, 0.2) is 5.78 Å². The minimum atomic E-state index is -0.686. The molecule has 0 fully saturated rings. The molecular formula is C26H27N3O4. The summed E-state index contributed by atoms with van der Waals surface area (Å²) in [5.74, 6) is -1.07. The normalized spacial score (nSPS) is 19.6. The highest BCUT2D eigenvalue weighted by Crippen LogP contribution is 2.47. The van der Waals surface area contributed by atoms with Crippen molar-refractivity contribution in [3.05, 3.63) is 92.3 Å². The number of carbonyl (C=O) groups is 2. The van der Waals surface area contributed by atoms with Gasteiger partial charge in [0.05, 0.1) is 4.92 Å². The second-order valence-electron chi connectivity index (χ2n) is 9.55. The Morgan fingerprint density at radius 2 is 1.85 bits per heavy atom. The molecule has 2 aromatic carbocycles. The number of nitro groups is 1. The molecule has 170 valence electrons. The first-order valence-corrected chi connectivity index (χ1v) is 10.9. The lowest BCUT2D eigenvalue weighted by atomic mass is 9.68. The number of ketones is 1. The van der Waals surface area contributed by atoms with Crippen LogP contribution in [-0.4, -0.2) is 16.6 Å². The minimum Gasteiger partial charge on any atom is -0.362 e. The Morgan fingerprint density at radius 3 is 2.55 bits per heavy atom. The second-order valence-corrected chi connectivity index (χ2v) is 9.55. The fourth-order valence-electron chi connectivity index (χ4n) is 4.79. The zero-order valence-corrected chi connectivity index (χ0v) is 19.2. The molecule has 0 aromatic heterocycles. The largest absolute Gasteiger partial charge is 0.362 e. The first-order valence-electron chi connectivity index (χ1n) is 10.9. The second kappa shape index (κ2) is 8.31. The molecule has 2 aliphatic rings. The van der Waals surface area contributed by atoms with Gasteiger partial charge < -0.3 is 10.6 Å². The molecule has 0 radical (unpaired) electrons. The number of nitro benzene ring substituents is 1. The molecule has 0 saturated heterocycles. The zero-order chi connectivity index (χ0) is 23.9. The number of nitrogens with one attached hydrogen (secondary N) is 2. The van der Waals surface area contributed by atoms with E-state index in [2.05, 4.69) is 10.6 Å². The van der Waals surface area contributed by atoms with Crippen molar-refractivity contribution in [3.8, 4) is 0 Å². The predicted octanol–water partition coefficient (Wildman–Crippen LogP) is 5.15. The fourth-order valence-corrected chi connectivity index (χ4v) is 4.79. The Bertz CT molecular complexity index is 1240. The summed E-state index contributed by atoms with van der Waals surface area (Å²) in [7, 11) is 0. The third-order valence-corrected chi connectivity index (χ3v) is 6.29. The summed E-state index contributed by atoms with van der Waals surface area (Å²) < 4.78 is 0. The van der Waals surface area contributed by atoms with Crippen LogP contribution in [-0.2, 0) is 9.59 Å². The first-order chi connectivity index (χ1) is 15.6. The maximum Gasteiger partial charge on any atom is 0.269 e. The average Bonchev–Trinajstić information content (AvgIpc) is 2.73. The Balaban J connectivity index is 1.85. The smallest absolute Gasteiger partial charge is 0.269 e. The summed E-state index contributed by atoms with van der Waals surface area (Å²) in [4.78, 5) is 37.9. The molecule has 2 N–H and O–H groups in total. The van der Waals surface area contributed by atoms with Crippen LogP contribution in [0, 0.1) is 22.5 Å². The maximum absolute atomic E-state index is 13.6. The standard InChI is InChI=1S/C26H27N3O4/c1-15-8-5-6-11-19(15)28-25(31)22-16(2)27-20-13-26(3,4)14-21(30)24(20)23(22)17-9-7-10-18(12-17)29(32)33/h5-12,23,27H,13-14H2,1-4H3,(H,28,31)/t23-/m1/s1. The Labute approximate surface area is 192 Å². The summed E-state index contributed by atoms with van der Waals surface area (Å²) in [6, 6.07) is 13.7. The molecule has 1 heterocycles. The number of hydrogen-bond acceptors (Lipinski definition) is 5. The van der Waals surface area contributed by atoms with Crippen LogP contribution in [0.5, 0.6) is 0 Å². The highest BCUT2D eigenvalue weighted by Gasteiger charge is 2.43. The van der Waals surface area contributed by atoms with Crippen LogP contribution in [0.1, 0.15) is 50.7 Å². The molecule has 0 bridgehead atoms. The maximum atomic E-state index is 13.6. The van der Waals surface area contributed by atoms with Crippen LogP contribution in [0.4, 0.5) is 11.4 Å². The van der Waals surface area contributed by atoms with Gasteiger partial charge in [0.1, 0.15) is 0 Å². The van der Waals surface area contributed by atoms with Gasteiger partial charge in [0.2, 0.25) is 0 Å². The molecule has 4 rings (SSSR count). The van der Waals surface area contributed by atoms with Gasteiger partial charge in [-0.3, -0.25) is 19.7 Å². The fraction of sp³-hybridized carbons (Fsp3) is 0.308. The number of rotatable bonds is 4. The van der Waals surface area contributed by atoms with Gasteiger partial charge in [-0.1, -0.05) is 44.2 Å².